The quantitative estimate of drug-likeness (QED) is 0.679. The van der Waals surface area contributed by atoms with Gasteiger partial charge in [0, 0.05) is 13.1 Å². The minimum absolute atomic E-state index is 0.301. The summed E-state index contributed by atoms with van der Waals surface area (Å²) in [5.41, 5.74) is 4.28. The van der Waals surface area contributed by atoms with E-state index in [2.05, 4.69) is 39.1 Å². The Bertz CT molecular complexity index is 660. The monoisotopic (exact) mass is 343 g/mol. The van der Waals surface area contributed by atoms with Crippen LogP contribution < -0.4 is 10.1 Å². The number of benzene rings is 1. The number of fused-ring (bicyclic) bond motifs is 2. The fourth-order valence-electron chi connectivity index (χ4n) is 4.16. The summed E-state index contributed by atoms with van der Waals surface area (Å²) in [6.07, 6.45) is 7.41. The maximum atomic E-state index is 10.7. The number of ether oxygens (including phenoxy) is 1. The minimum Gasteiger partial charge on any atom is -0.507 e. The number of nitrogens with one attached hydrogen (secondary N) is 1. The Morgan fingerprint density at radius 2 is 2.00 bits per heavy atom. The molecule has 0 amide bonds. The van der Waals surface area contributed by atoms with Crippen LogP contribution in [0.15, 0.2) is 17.7 Å². The molecular weight excluding hydrogens is 310 g/mol. The molecule has 0 radical (unpaired) electrons. The van der Waals surface area contributed by atoms with E-state index in [1.54, 1.807) is 0 Å². The van der Waals surface area contributed by atoms with Gasteiger partial charge in [-0.3, -0.25) is 0 Å². The predicted octanol–water partition coefficient (Wildman–Crippen LogP) is 5.07. The maximum absolute atomic E-state index is 10.7. The van der Waals surface area contributed by atoms with Crippen LogP contribution in [-0.4, -0.2) is 23.8 Å². The lowest BCUT2D eigenvalue weighted by Crippen LogP contribution is -2.35. The topological polar surface area (TPSA) is 41.5 Å². The van der Waals surface area contributed by atoms with E-state index < -0.39 is 0 Å². The molecule has 0 saturated heterocycles. The van der Waals surface area contributed by atoms with E-state index in [-0.39, 0.29) is 5.60 Å². The molecule has 1 unspecified atom stereocenters. The van der Waals surface area contributed by atoms with Crippen molar-refractivity contribution in [3.63, 3.8) is 0 Å². The average molecular weight is 344 g/mol. The van der Waals surface area contributed by atoms with Gasteiger partial charge in [-0.05, 0) is 61.4 Å². The third-order valence-corrected chi connectivity index (χ3v) is 5.73. The Morgan fingerprint density at radius 3 is 2.76 bits per heavy atom. The Kier molecular flexibility index (Phi) is 5.43. The van der Waals surface area contributed by atoms with Crippen molar-refractivity contribution in [3.8, 4) is 11.5 Å². The standard InChI is InChI=1S/C22H33NO2/c1-5-6-7-8-15(2)9-10-16-11-19(24)21-17-13-23-14-18(17)22(3,4)25-20(21)12-16/h11-12,15,23-24H,5-10,13-14H2,1-4H3. The number of hydrogen-bond donors (Lipinski definition) is 2. The van der Waals surface area contributed by atoms with Crippen LogP contribution >= 0.6 is 0 Å². The molecule has 3 rings (SSSR count). The number of hydrogen-bond acceptors (Lipinski definition) is 3. The summed E-state index contributed by atoms with van der Waals surface area (Å²) in [7, 11) is 0. The molecule has 0 fully saturated rings. The summed E-state index contributed by atoms with van der Waals surface area (Å²) in [6, 6.07) is 4.10. The first-order valence-corrected chi connectivity index (χ1v) is 9.91. The summed E-state index contributed by atoms with van der Waals surface area (Å²) in [4.78, 5) is 0. The van der Waals surface area contributed by atoms with Crippen molar-refractivity contribution >= 4 is 5.57 Å². The third-order valence-electron chi connectivity index (χ3n) is 5.73. The summed E-state index contributed by atoms with van der Waals surface area (Å²) < 4.78 is 6.28. The summed E-state index contributed by atoms with van der Waals surface area (Å²) in [6.45, 7) is 10.5. The molecule has 3 nitrogen and oxygen atoms in total. The molecular formula is C22H33NO2. The molecule has 0 aliphatic carbocycles. The fourth-order valence-corrected chi connectivity index (χ4v) is 4.16. The van der Waals surface area contributed by atoms with Gasteiger partial charge < -0.3 is 15.2 Å². The van der Waals surface area contributed by atoms with Crippen LogP contribution in [0, 0.1) is 5.92 Å². The number of phenols is 1. The second-order valence-electron chi connectivity index (χ2n) is 8.30. The zero-order valence-electron chi connectivity index (χ0n) is 16.2. The van der Waals surface area contributed by atoms with E-state index in [9.17, 15) is 5.11 Å². The van der Waals surface area contributed by atoms with Gasteiger partial charge in [-0.25, -0.2) is 0 Å². The minimum atomic E-state index is -0.301. The maximum Gasteiger partial charge on any atom is 0.132 e. The molecule has 0 spiro atoms. The van der Waals surface area contributed by atoms with Crippen LogP contribution in [0.5, 0.6) is 11.5 Å². The zero-order chi connectivity index (χ0) is 18.0. The van der Waals surface area contributed by atoms with Crippen molar-refractivity contribution in [1.29, 1.82) is 0 Å². The molecule has 2 heterocycles. The van der Waals surface area contributed by atoms with Gasteiger partial charge in [0.05, 0.1) is 5.56 Å². The largest absolute Gasteiger partial charge is 0.507 e. The highest BCUT2D eigenvalue weighted by Gasteiger charge is 2.38. The highest BCUT2D eigenvalue weighted by atomic mass is 16.5. The van der Waals surface area contributed by atoms with E-state index >= 15 is 0 Å². The fraction of sp³-hybridized carbons (Fsp3) is 0.636. The number of unbranched alkanes of at least 4 members (excludes halogenated alkanes) is 2. The van der Waals surface area contributed by atoms with Crippen LogP contribution in [-0.2, 0) is 6.42 Å². The Hall–Kier alpha value is -1.48. The van der Waals surface area contributed by atoms with Crippen LogP contribution in [0.3, 0.4) is 0 Å². The Morgan fingerprint density at radius 1 is 1.20 bits per heavy atom. The molecule has 3 heteroatoms. The second-order valence-corrected chi connectivity index (χ2v) is 8.30. The highest BCUT2D eigenvalue weighted by Crippen LogP contribution is 2.46. The van der Waals surface area contributed by atoms with Gasteiger partial charge in [-0.2, -0.15) is 0 Å². The number of rotatable bonds is 7. The molecule has 2 N–H and O–H groups in total. The van der Waals surface area contributed by atoms with Gasteiger partial charge in [0.2, 0.25) is 0 Å². The smallest absolute Gasteiger partial charge is 0.132 e. The summed E-state index contributed by atoms with van der Waals surface area (Å²) in [5.74, 6) is 1.95. The van der Waals surface area contributed by atoms with Crippen molar-refractivity contribution in [2.24, 2.45) is 5.92 Å². The van der Waals surface area contributed by atoms with Gasteiger partial charge in [0.15, 0.2) is 0 Å². The lowest BCUT2D eigenvalue weighted by molar-refractivity contribution is 0.143. The van der Waals surface area contributed by atoms with E-state index in [0.717, 1.165) is 36.7 Å². The van der Waals surface area contributed by atoms with Gasteiger partial charge in [-0.15, -0.1) is 0 Å². The number of phenolic OH excluding ortho intramolecular Hbond substituents is 1. The molecule has 2 aliphatic heterocycles. The van der Waals surface area contributed by atoms with E-state index in [1.165, 1.54) is 48.8 Å². The van der Waals surface area contributed by atoms with E-state index in [4.69, 9.17) is 4.74 Å². The SMILES string of the molecule is CCCCCC(C)CCc1cc(O)c2c(c1)OC(C)(C)C1=C2CNC1. The predicted molar refractivity (Wildman–Crippen MR) is 104 cm³/mol. The molecule has 25 heavy (non-hydrogen) atoms. The van der Waals surface area contributed by atoms with Crippen molar-refractivity contribution in [2.45, 2.75) is 71.8 Å². The summed E-state index contributed by atoms with van der Waals surface area (Å²) >= 11 is 0. The van der Waals surface area contributed by atoms with E-state index in [0.29, 0.717) is 5.75 Å². The lowest BCUT2D eigenvalue weighted by atomic mass is 9.86. The molecule has 1 atom stereocenters. The number of aryl methyl sites for hydroxylation is 1. The molecule has 0 bridgehead atoms. The van der Waals surface area contributed by atoms with Gasteiger partial charge in [0.1, 0.15) is 17.1 Å². The lowest BCUT2D eigenvalue weighted by Gasteiger charge is -2.35. The van der Waals surface area contributed by atoms with Gasteiger partial charge in [-0.1, -0.05) is 39.5 Å². The molecule has 2 aliphatic rings. The van der Waals surface area contributed by atoms with Crippen molar-refractivity contribution in [2.75, 3.05) is 13.1 Å². The first-order chi connectivity index (χ1) is 11.9. The van der Waals surface area contributed by atoms with Crippen LogP contribution in [0.1, 0.15) is 70.9 Å². The first kappa shape index (κ1) is 18.3. The van der Waals surface area contributed by atoms with Crippen molar-refractivity contribution < 1.29 is 9.84 Å². The third kappa shape index (κ3) is 3.87. The van der Waals surface area contributed by atoms with Gasteiger partial charge >= 0.3 is 0 Å². The zero-order valence-corrected chi connectivity index (χ0v) is 16.2. The van der Waals surface area contributed by atoms with Crippen LogP contribution in [0.25, 0.3) is 5.57 Å². The van der Waals surface area contributed by atoms with E-state index in [1.807, 2.05) is 6.07 Å². The number of aromatic hydroxyl groups is 1. The molecule has 0 aromatic heterocycles. The van der Waals surface area contributed by atoms with Gasteiger partial charge in [0.25, 0.3) is 0 Å². The second kappa shape index (κ2) is 7.41. The molecule has 1 aromatic carbocycles. The first-order valence-electron chi connectivity index (χ1n) is 9.91. The normalized spacial score (nSPS) is 19.4. The average Bonchev–Trinajstić information content (AvgIpc) is 3.03. The summed E-state index contributed by atoms with van der Waals surface area (Å²) in [5, 5.41) is 14.1. The Balaban J connectivity index is 1.75. The molecule has 138 valence electrons. The van der Waals surface area contributed by atoms with Crippen LogP contribution in [0.2, 0.25) is 0 Å². The van der Waals surface area contributed by atoms with Crippen LogP contribution in [0.4, 0.5) is 0 Å². The van der Waals surface area contributed by atoms with Crippen molar-refractivity contribution in [1.82, 2.24) is 5.32 Å². The Labute approximate surface area is 152 Å². The van der Waals surface area contributed by atoms with Crippen molar-refractivity contribution in [3.05, 3.63) is 28.8 Å². The molecule has 1 aromatic rings. The highest BCUT2D eigenvalue weighted by molar-refractivity contribution is 5.83. The molecule has 0 saturated carbocycles.